The molecule has 0 radical (unpaired) electrons. The van der Waals surface area contributed by atoms with Crippen LogP contribution < -0.4 is 5.46 Å². The first-order chi connectivity index (χ1) is 4.70. The molecule has 0 N–H and O–H groups in total. The van der Waals surface area contributed by atoms with Gasteiger partial charge < -0.3 is 0 Å². The van der Waals surface area contributed by atoms with Gasteiger partial charge in [-0.05, 0) is 11.5 Å². The summed E-state index contributed by atoms with van der Waals surface area (Å²) in [7, 11) is 2.13. The van der Waals surface area contributed by atoms with Crippen molar-refractivity contribution < 1.29 is 0 Å². The molecule has 0 aliphatic heterocycles. The molecule has 0 saturated heterocycles. The Morgan fingerprint density at radius 1 is 1.30 bits per heavy atom. The Morgan fingerprint density at radius 3 is 2.40 bits per heavy atom. The van der Waals surface area contributed by atoms with Gasteiger partial charge in [0.1, 0.15) is 7.85 Å². The zero-order valence-corrected chi connectivity index (χ0v) is 6.89. The molecule has 10 heavy (non-hydrogen) atoms. The van der Waals surface area contributed by atoms with Crippen molar-refractivity contribution in [2.24, 2.45) is 0 Å². The van der Waals surface area contributed by atoms with Crippen LogP contribution in [0.15, 0.2) is 24.3 Å². The molecule has 0 saturated carbocycles. The van der Waals surface area contributed by atoms with Crippen molar-refractivity contribution in [3.8, 4) is 0 Å². The van der Waals surface area contributed by atoms with Gasteiger partial charge in [0.05, 0.1) is 0 Å². The number of benzene rings is 1. The molecule has 0 aromatic heterocycles. The van der Waals surface area contributed by atoms with E-state index in [0.717, 1.165) is 0 Å². The summed E-state index contributed by atoms with van der Waals surface area (Å²) in [5.74, 6) is 0.653. The fourth-order valence-corrected chi connectivity index (χ4v) is 1.03. The van der Waals surface area contributed by atoms with E-state index in [9.17, 15) is 0 Å². The lowest BCUT2D eigenvalue weighted by molar-refractivity contribution is 0.868. The first-order valence-corrected chi connectivity index (χ1v) is 3.76. The lowest BCUT2D eigenvalue weighted by Crippen LogP contribution is -2.02. The van der Waals surface area contributed by atoms with Gasteiger partial charge in [-0.15, -0.1) is 0 Å². The molecular formula is C9H13B. The van der Waals surface area contributed by atoms with E-state index in [4.69, 9.17) is 0 Å². The lowest BCUT2D eigenvalue weighted by Gasteiger charge is -2.04. The average molecular weight is 132 g/mol. The Morgan fingerprint density at radius 2 is 2.00 bits per heavy atom. The van der Waals surface area contributed by atoms with Gasteiger partial charge in [-0.2, -0.15) is 0 Å². The summed E-state index contributed by atoms with van der Waals surface area (Å²) in [6, 6.07) is 8.67. The van der Waals surface area contributed by atoms with Gasteiger partial charge in [0.25, 0.3) is 0 Å². The van der Waals surface area contributed by atoms with Crippen LogP contribution in [0.25, 0.3) is 0 Å². The third kappa shape index (κ3) is 1.63. The predicted octanol–water partition coefficient (Wildman–Crippen LogP) is 1.07. The van der Waals surface area contributed by atoms with E-state index in [-0.39, 0.29) is 0 Å². The van der Waals surface area contributed by atoms with Crippen LogP contribution in [0.2, 0.25) is 0 Å². The van der Waals surface area contributed by atoms with Crippen LogP contribution in [-0.4, -0.2) is 7.85 Å². The molecule has 0 atom stereocenters. The summed E-state index contributed by atoms with van der Waals surface area (Å²) in [4.78, 5) is 0. The summed E-state index contributed by atoms with van der Waals surface area (Å²) in [5, 5.41) is 0. The highest BCUT2D eigenvalue weighted by Crippen LogP contribution is 2.10. The number of rotatable bonds is 1. The maximum absolute atomic E-state index is 2.24. The smallest absolute Gasteiger partial charge is 0.0887 e. The molecule has 0 spiro atoms. The molecule has 1 aromatic rings. The normalized spacial score (nSPS) is 10.3. The van der Waals surface area contributed by atoms with Gasteiger partial charge in [0.15, 0.2) is 0 Å². The zero-order chi connectivity index (χ0) is 7.56. The minimum absolute atomic E-state index is 0.653. The van der Waals surface area contributed by atoms with E-state index in [2.05, 4.69) is 46.0 Å². The van der Waals surface area contributed by atoms with Crippen LogP contribution in [0, 0.1) is 0 Å². The van der Waals surface area contributed by atoms with Crippen LogP contribution >= 0.6 is 0 Å². The summed E-state index contributed by atoms with van der Waals surface area (Å²) < 4.78 is 0. The molecule has 1 aromatic carbocycles. The molecule has 0 unspecified atom stereocenters. The van der Waals surface area contributed by atoms with Crippen molar-refractivity contribution in [1.82, 2.24) is 0 Å². The number of hydrogen-bond acceptors (Lipinski definition) is 0. The van der Waals surface area contributed by atoms with Crippen LogP contribution in [0.1, 0.15) is 25.3 Å². The van der Waals surface area contributed by atoms with Gasteiger partial charge in [-0.25, -0.2) is 0 Å². The van der Waals surface area contributed by atoms with Gasteiger partial charge >= 0.3 is 0 Å². The summed E-state index contributed by atoms with van der Waals surface area (Å²) in [6.45, 7) is 4.43. The summed E-state index contributed by atoms with van der Waals surface area (Å²) in [6.07, 6.45) is 0. The molecule has 0 nitrogen and oxygen atoms in total. The largest absolute Gasteiger partial charge is 0.139 e. The van der Waals surface area contributed by atoms with Crippen molar-refractivity contribution in [2.45, 2.75) is 19.8 Å². The highest BCUT2D eigenvalue weighted by molar-refractivity contribution is 6.32. The second-order valence-electron chi connectivity index (χ2n) is 3.07. The molecular weight excluding hydrogens is 119 g/mol. The molecule has 52 valence electrons. The van der Waals surface area contributed by atoms with Crippen molar-refractivity contribution in [1.29, 1.82) is 0 Å². The first-order valence-electron chi connectivity index (χ1n) is 3.76. The van der Waals surface area contributed by atoms with Crippen molar-refractivity contribution in [3.05, 3.63) is 29.8 Å². The highest BCUT2D eigenvalue weighted by atomic mass is 14.0. The molecule has 0 bridgehead atoms. The van der Waals surface area contributed by atoms with Gasteiger partial charge in [-0.3, -0.25) is 0 Å². The van der Waals surface area contributed by atoms with Gasteiger partial charge in [0, 0.05) is 0 Å². The molecule has 0 fully saturated rings. The molecule has 1 heteroatoms. The van der Waals surface area contributed by atoms with Crippen molar-refractivity contribution >= 4 is 13.3 Å². The third-order valence-corrected chi connectivity index (χ3v) is 1.71. The predicted molar refractivity (Wildman–Crippen MR) is 48.7 cm³/mol. The monoisotopic (exact) mass is 132 g/mol. The summed E-state index contributed by atoms with van der Waals surface area (Å²) in [5.41, 5.74) is 2.78. The zero-order valence-electron chi connectivity index (χ0n) is 6.89. The topological polar surface area (TPSA) is 0 Å². The van der Waals surface area contributed by atoms with Crippen LogP contribution in [0.4, 0.5) is 0 Å². The standard InChI is InChI=1S/C9H13B/c1-7(2)8-4-3-5-9(10)6-8/h3-7H,10H2,1-2H3. The van der Waals surface area contributed by atoms with Crippen LogP contribution in [-0.2, 0) is 0 Å². The van der Waals surface area contributed by atoms with E-state index in [1.54, 1.807) is 0 Å². The van der Waals surface area contributed by atoms with Crippen LogP contribution in [0.3, 0.4) is 0 Å². The lowest BCUT2D eigenvalue weighted by atomic mass is 9.91. The minimum atomic E-state index is 0.653. The van der Waals surface area contributed by atoms with E-state index >= 15 is 0 Å². The number of hydrogen-bond donors (Lipinski definition) is 0. The molecule has 0 aliphatic carbocycles. The van der Waals surface area contributed by atoms with Gasteiger partial charge in [-0.1, -0.05) is 43.6 Å². The van der Waals surface area contributed by atoms with E-state index in [1.807, 2.05) is 0 Å². The molecule has 1 rings (SSSR count). The Labute approximate surface area is 63.7 Å². The Bertz CT molecular complexity index is 216. The molecule has 0 aliphatic rings. The minimum Gasteiger partial charge on any atom is -0.0887 e. The maximum atomic E-state index is 2.24. The Hall–Kier alpha value is -0.715. The van der Waals surface area contributed by atoms with E-state index in [1.165, 1.54) is 11.0 Å². The van der Waals surface area contributed by atoms with E-state index in [0.29, 0.717) is 5.92 Å². The van der Waals surface area contributed by atoms with E-state index < -0.39 is 0 Å². The Balaban J connectivity index is 2.96. The van der Waals surface area contributed by atoms with Crippen molar-refractivity contribution in [3.63, 3.8) is 0 Å². The van der Waals surface area contributed by atoms with Gasteiger partial charge in [0.2, 0.25) is 0 Å². The maximum Gasteiger partial charge on any atom is 0.139 e. The van der Waals surface area contributed by atoms with Crippen molar-refractivity contribution in [2.75, 3.05) is 0 Å². The average Bonchev–Trinajstić information content (AvgIpc) is 1.88. The fourth-order valence-electron chi connectivity index (χ4n) is 1.03. The Kier molecular flexibility index (Phi) is 2.15. The second kappa shape index (κ2) is 2.91. The molecule has 0 amide bonds. The first kappa shape index (κ1) is 7.39. The van der Waals surface area contributed by atoms with Crippen LogP contribution in [0.5, 0.6) is 0 Å². The highest BCUT2D eigenvalue weighted by Gasteiger charge is 1.96. The quantitative estimate of drug-likeness (QED) is 0.501. The molecule has 0 heterocycles. The summed E-state index contributed by atoms with van der Waals surface area (Å²) >= 11 is 0. The third-order valence-electron chi connectivity index (χ3n) is 1.71. The second-order valence-corrected chi connectivity index (χ2v) is 3.07. The SMILES string of the molecule is Bc1cccc(C(C)C)c1. The fraction of sp³-hybridized carbons (Fsp3) is 0.333.